The van der Waals surface area contributed by atoms with E-state index in [0.717, 1.165) is 5.56 Å². The summed E-state index contributed by atoms with van der Waals surface area (Å²) in [6, 6.07) is 7.95. The van der Waals surface area contributed by atoms with Crippen molar-refractivity contribution in [2.75, 3.05) is 119 Å². The Balaban J connectivity index is 2.47. The number of carboxylic acid groups (broad SMARTS) is 2. The number of ether oxygens (including phenoxy) is 9. The molecule has 0 saturated carbocycles. The zero-order valence-electron chi connectivity index (χ0n) is 30.9. The summed E-state index contributed by atoms with van der Waals surface area (Å²) in [5, 5.41) is 19.9. The highest BCUT2D eigenvalue weighted by atomic mass is 16.6. The lowest BCUT2D eigenvalue weighted by Gasteiger charge is -2.30. The van der Waals surface area contributed by atoms with Crippen molar-refractivity contribution < 1.29 is 76.8 Å². The molecule has 0 spiro atoms. The summed E-state index contributed by atoms with van der Waals surface area (Å²) in [5.74, 6) is -3.00. The summed E-state index contributed by atoms with van der Waals surface area (Å²) >= 11 is 0. The summed E-state index contributed by atoms with van der Waals surface area (Å²) in [4.78, 5) is 60.4. The van der Waals surface area contributed by atoms with E-state index in [4.69, 9.17) is 58.6 Å². The molecule has 3 amide bonds. The fourth-order valence-electron chi connectivity index (χ4n) is 4.25. The fourth-order valence-corrected chi connectivity index (χ4v) is 4.25. The van der Waals surface area contributed by atoms with Crippen molar-refractivity contribution >= 4 is 29.8 Å². The van der Waals surface area contributed by atoms with Crippen LogP contribution >= 0.6 is 0 Å². The Kier molecular flexibility index (Phi) is 29.9. The van der Waals surface area contributed by atoms with Crippen LogP contribution in [0.25, 0.3) is 0 Å². The third-order valence-corrected chi connectivity index (χ3v) is 6.96. The monoisotopic (exact) mass is 775 g/mol. The van der Waals surface area contributed by atoms with Crippen molar-refractivity contribution in [3.8, 4) is 0 Å². The van der Waals surface area contributed by atoms with E-state index in [1.54, 1.807) is 12.1 Å². The van der Waals surface area contributed by atoms with Gasteiger partial charge in [-0.15, -0.1) is 0 Å². The smallest absolute Gasteiger partial charge is 0.410 e. The van der Waals surface area contributed by atoms with E-state index in [1.165, 1.54) is 4.90 Å². The molecule has 0 fully saturated rings. The van der Waals surface area contributed by atoms with Crippen LogP contribution in [0.4, 0.5) is 4.79 Å². The summed E-state index contributed by atoms with van der Waals surface area (Å²) in [6.07, 6.45) is -1.09. The second kappa shape index (κ2) is 33.6. The van der Waals surface area contributed by atoms with Crippen molar-refractivity contribution in [1.82, 2.24) is 10.2 Å². The normalized spacial score (nSPS) is 11.6. The highest BCUT2D eigenvalue weighted by Crippen LogP contribution is 2.12. The van der Waals surface area contributed by atoms with Crippen molar-refractivity contribution in [2.45, 2.75) is 38.3 Å². The lowest BCUT2D eigenvalue weighted by Crippen LogP contribution is -2.51. The number of primary amides is 1. The number of amides is 3. The number of aliphatic carboxylic acids is 2. The topological polar surface area (TPSA) is 250 Å². The Hall–Kier alpha value is -3.95. The number of nitrogens with one attached hydrogen (secondary N) is 1. The van der Waals surface area contributed by atoms with E-state index in [9.17, 15) is 24.0 Å². The average Bonchev–Trinajstić information content (AvgIpc) is 3.14. The molecule has 0 saturated heterocycles. The molecule has 5 N–H and O–H groups in total. The van der Waals surface area contributed by atoms with Gasteiger partial charge in [-0.2, -0.15) is 0 Å². The van der Waals surface area contributed by atoms with Crippen LogP contribution in [0.3, 0.4) is 0 Å². The van der Waals surface area contributed by atoms with Crippen LogP contribution in [0.2, 0.25) is 0 Å². The Bertz CT molecular complexity index is 1150. The molecule has 0 aliphatic carbocycles. The first-order valence-electron chi connectivity index (χ1n) is 17.8. The van der Waals surface area contributed by atoms with E-state index in [0.29, 0.717) is 52.9 Å². The molecule has 0 aliphatic heterocycles. The van der Waals surface area contributed by atoms with Crippen LogP contribution in [0.1, 0.15) is 31.2 Å². The number of benzene rings is 1. The number of nitrogens with two attached hydrogens (primary N) is 1. The average molecular weight is 776 g/mol. The molecule has 54 heavy (non-hydrogen) atoms. The summed E-state index contributed by atoms with van der Waals surface area (Å²) < 4.78 is 48.5. The predicted molar refractivity (Wildman–Crippen MR) is 190 cm³/mol. The molecule has 1 aromatic carbocycles. The van der Waals surface area contributed by atoms with Crippen molar-refractivity contribution in [3.05, 3.63) is 35.9 Å². The molecular weight excluding hydrogens is 718 g/mol. The number of nitrogens with zero attached hydrogens (tertiary/aromatic N) is 1. The van der Waals surface area contributed by atoms with Gasteiger partial charge >= 0.3 is 18.0 Å². The Labute approximate surface area is 315 Å². The molecule has 0 radical (unpaired) electrons. The molecule has 0 bridgehead atoms. The van der Waals surface area contributed by atoms with Gasteiger partial charge in [-0.05, 0) is 12.0 Å². The number of carboxylic acids is 2. The van der Waals surface area contributed by atoms with Crippen LogP contribution in [0.15, 0.2) is 30.3 Å². The van der Waals surface area contributed by atoms with E-state index >= 15 is 0 Å². The zero-order chi connectivity index (χ0) is 39.5. The van der Waals surface area contributed by atoms with Gasteiger partial charge in [-0.1, -0.05) is 30.3 Å². The maximum atomic E-state index is 13.3. The van der Waals surface area contributed by atoms with Gasteiger partial charge in [0.05, 0.1) is 119 Å². The zero-order valence-corrected chi connectivity index (χ0v) is 30.9. The molecule has 0 heterocycles. The largest absolute Gasteiger partial charge is 0.481 e. The van der Waals surface area contributed by atoms with Gasteiger partial charge in [-0.3, -0.25) is 24.1 Å². The number of carbonyl (C=O) groups excluding carboxylic acids is 3. The van der Waals surface area contributed by atoms with E-state index in [1.807, 2.05) is 18.2 Å². The molecule has 308 valence electrons. The van der Waals surface area contributed by atoms with Crippen molar-refractivity contribution in [2.24, 2.45) is 5.73 Å². The summed E-state index contributed by atoms with van der Waals surface area (Å²) in [7, 11) is 0. The third-order valence-electron chi connectivity index (χ3n) is 6.96. The van der Waals surface area contributed by atoms with E-state index in [-0.39, 0.29) is 98.2 Å². The minimum absolute atomic E-state index is 0.0231. The van der Waals surface area contributed by atoms with Gasteiger partial charge in [-0.25, -0.2) is 4.79 Å². The van der Waals surface area contributed by atoms with Gasteiger partial charge < -0.3 is 63.9 Å². The second-order valence-electron chi connectivity index (χ2n) is 11.2. The summed E-state index contributed by atoms with van der Waals surface area (Å²) in [6.45, 7) is 3.98. The molecule has 19 heteroatoms. The highest BCUT2D eigenvalue weighted by molar-refractivity contribution is 5.86. The molecule has 0 aliphatic rings. The van der Waals surface area contributed by atoms with Crippen LogP contribution in [0, 0.1) is 0 Å². The predicted octanol–water partition coefficient (Wildman–Crippen LogP) is 0.458. The van der Waals surface area contributed by atoms with Crippen LogP contribution in [0.5, 0.6) is 0 Å². The fraction of sp³-hybridized carbons (Fsp3) is 0.686. The quantitative estimate of drug-likeness (QED) is 0.0670. The van der Waals surface area contributed by atoms with Gasteiger partial charge in [0.2, 0.25) is 11.8 Å². The molecule has 0 unspecified atom stereocenters. The molecule has 19 nitrogen and oxygen atoms in total. The molecule has 0 aromatic heterocycles. The Morgan fingerprint density at radius 3 is 1.46 bits per heavy atom. The maximum Gasteiger partial charge on any atom is 0.410 e. The number of hydrogen-bond acceptors (Lipinski definition) is 14. The van der Waals surface area contributed by atoms with Crippen molar-refractivity contribution in [1.29, 1.82) is 0 Å². The van der Waals surface area contributed by atoms with E-state index < -0.39 is 35.9 Å². The van der Waals surface area contributed by atoms with Crippen LogP contribution in [-0.4, -0.2) is 170 Å². The highest BCUT2D eigenvalue weighted by Gasteiger charge is 2.31. The molecule has 1 aromatic rings. The van der Waals surface area contributed by atoms with Gasteiger partial charge in [0.15, 0.2) is 0 Å². The van der Waals surface area contributed by atoms with Crippen LogP contribution < -0.4 is 11.1 Å². The Morgan fingerprint density at radius 2 is 1.02 bits per heavy atom. The standard InChI is InChI=1S/C35H57N3O16/c36-31(39)7-6-30(34(44)37-10-14-48-18-22-52-26-24-50-20-16-46-12-8-32(40)41)38(35(45)54-28-29-4-2-1-3-5-29)11-15-49-19-23-53-27-25-51-21-17-47-13-9-33(42)43/h1-5,30H,6-28H2,(H2,36,39)(H,37,44)(H,40,41)(H,42,43)/t30-/m0/s1. The minimum Gasteiger partial charge on any atom is -0.481 e. The first-order valence-corrected chi connectivity index (χ1v) is 17.8. The van der Waals surface area contributed by atoms with Crippen LogP contribution in [-0.2, 0) is 68.4 Å². The summed E-state index contributed by atoms with van der Waals surface area (Å²) in [5.41, 5.74) is 6.14. The number of rotatable bonds is 37. The first kappa shape index (κ1) is 48.1. The third kappa shape index (κ3) is 28.5. The Morgan fingerprint density at radius 1 is 0.593 bits per heavy atom. The van der Waals surface area contributed by atoms with Gasteiger partial charge in [0.1, 0.15) is 12.6 Å². The minimum atomic E-state index is -1.09. The van der Waals surface area contributed by atoms with Gasteiger partial charge in [0.25, 0.3) is 0 Å². The molecule has 1 atom stereocenters. The lowest BCUT2D eigenvalue weighted by molar-refractivity contribution is -0.139. The second-order valence-corrected chi connectivity index (χ2v) is 11.2. The maximum absolute atomic E-state index is 13.3. The van der Waals surface area contributed by atoms with E-state index in [2.05, 4.69) is 5.32 Å². The van der Waals surface area contributed by atoms with Gasteiger partial charge in [0, 0.05) is 19.5 Å². The molecular formula is C35H57N3O16. The first-order chi connectivity index (χ1) is 26.2. The molecule has 1 rings (SSSR count). The SMILES string of the molecule is NC(=O)CC[C@@H](C(=O)NCCOCCOCCOCCOCCC(=O)O)N(CCOCCOCCOCCOCCC(=O)O)C(=O)OCc1ccccc1. The number of hydrogen-bond donors (Lipinski definition) is 4. The lowest BCUT2D eigenvalue weighted by atomic mass is 10.1. The number of carbonyl (C=O) groups is 5. The van der Waals surface area contributed by atoms with Crippen molar-refractivity contribution in [3.63, 3.8) is 0 Å².